The zero-order chi connectivity index (χ0) is 27.7. The molecule has 0 amide bonds. The lowest BCUT2D eigenvalue weighted by Gasteiger charge is -2.64. The molecule has 4 aliphatic rings. The van der Waals surface area contributed by atoms with Crippen LogP contribution in [0.5, 0.6) is 11.5 Å². The largest absolute Gasteiger partial charge is 0.504 e. The highest BCUT2D eigenvalue weighted by atomic mass is 32.2. The lowest BCUT2D eigenvalue weighted by molar-refractivity contribution is -0.215. The normalized spacial score (nSPS) is 31.1. The molecule has 1 saturated carbocycles. The fourth-order valence-corrected chi connectivity index (χ4v) is 9.60. The summed E-state index contributed by atoms with van der Waals surface area (Å²) in [5, 5.41) is 10.9. The Bertz CT molecular complexity index is 1420. The molecule has 39 heavy (non-hydrogen) atoms. The number of likely N-dealkylation sites (N-methyl/N-ethyl adjacent to an activating group) is 1. The van der Waals surface area contributed by atoms with Crippen LogP contribution < -0.4 is 9.46 Å². The molecule has 0 aromatic heterocycles. The molecule has 8 nitrogen and oxygen atoms in total. The van der Waals surface area contributed by atoms with Gasteiger partial charge >= 0.3 is 5.97 Å². The summed E-state index contributed by atoms with van der Waals surface area (Å²) in [6.45, 7) is 6.44. The fourth-order valence-electron chi connectivity index (χ4n) is 8.12. The molecule has 2 aliphatic heterocycles. The number of hydrogen-bond acceptors (Lipinski definition) is 7. The van der Waals surface area contributed by atoms with Gasteiger partial charge in [0.2, 0.25) is 10.0 Å². The Balaban J connectivity index is 1.40. The maximum Gasteiger partial charge on any atom is 0.303 e. The van der Waals surface area contributed by atoms with Crippen LogP contribution in [0.25, 0.3) is 0 Å². The maximum atomic E-state index is 13.7. The van der Waals surface area contributed by atoms with Crippen molar-refractivity contribution in [1.29, 1.82) is 0 Å². The number of benzene rings is 2. The third-order valence-electron chi connectivity index (χ3n) is 9.44. The second-order valence-corrected chi connectivity index (χ2v) is 14.0. The molecule has 2 aromatic rings. The van der Waals surface area contributed by atoms with Gasteiger partial charge in [-0.2, -0.15) is 0 Å². The maximum absolute atomic E-state index is 13.7. The first-order valence-electron chi connectivity index (χ1n) is 14.0. The number of rotatable bonds is 7. The summed E-state index contributed by atoms with van der Waals surface area (Å²) in [5.41, 5.74) is 2.18. The molecule has 0 radical (unpaired) electrons. The number of likely N-dealkylation sites (tertiary alicyclic amines) is 1. The fraction of sp³-hybridized carbons (Fsp3) is 0.567. The highest BCUT2D eigenvalue weighted by Gasteiger charge is 2.75. The third-order valence-corrected chi connectivity index (χ3v) is 10.8. The standard InChI is InChI=1S/C30H38N2O6S/c1-18(2)15-20-7-5-6-8-22(20)17-39(35,36)31-23-11-12-30(38-19(3)33)25-16-21-9-10-24(34)27-26(21)29(30,28(23)37-27)13-14-32(25)4/h5-10,18,23,25,28,31,34H,11-17H2,1-4H3/t23-,25+,28-,29-,30+/m0/s1. The van der Waals surface area contributed by atoms with Crippen LogP contribution >= 0.6 is 0 Å². The van der Waals surface area contributed by atoms with E-state index in [0.717, 1.165) is 35.2 Å². The lowest BCUT2D eigenvalue weighted by Crippen LogP contribution is -2.78. The van der Waals surface area contributed by atoms with Gasteiger partial charge in [0.05, 0.1) is 23.3 Å². The number of esters is 1. The van der Waals surface area contributed by atoms with E-state index in [0.29, 0.717) is 37.4 Å². The number of sulfonamides is 1. The van der Waals surface area contributed by atoms with Crippen LogP contribution in [0.4, 0.5) is 0 Å². The molecule has 2 aliphatic carbocycles. The molecule has 6 rings (SSSR count). The Morgan fingerprint density at radius 3 is 2.67 bits per heavy atom. The lowest BCUT2D eigenvalue weighted by atomic mass is 9.48. The number of aromatic hydroxyl groups is 1. The summed E-state index contributed by atoms with van der Waals surface area (Å²) in [5.74, 6) is 0.382. The van der Waals surface area contributed by atoms with E-state index in [-0.39, 0.29) is 23.5 Å². The molecule has 210 valence electrons. The molecule has 0 unspecified atom stereocenters. The number of nitrogens with one attached hydrogen (secondary N) is 1. The number of hydrogen-bond donors (Lipinski definition) is 2. The molecule has 1 saturated heterocycles. The molecule has 2 fully saturated rings. The van der Waals surface area contributed by atoms with E-state index in [1.54, 1.807) is 6.07 Å². The summed E-state index contributed by atoms with van der Waals surface area (Å²) in [4.78, 5) is 14.8. The summed E-state index contributed by atoms with van der Waals surface area (Å²) < 4.78 is 43.2. The van der Waals surface area contributed by atoms with Crippen molar-refractivity contribution in [2.45, 2.75) is 87.8 Å². The average Bonchev–Trinajstić information content (AvgIpc) is 3.21. The predicted octanol–water partition coefficient (Wildman–Crippen LogP) is 3.43. The van der Waals surface area contributed by atoms with Crippen molar-refractivity contribution in [3.8, 4) is 11.5 Å². The van der Waals surface area contributed by atoms with E-state index in [4.69, 9.17) is 9.47 Å². The van der Waals surface area contributed by atoms with Gasteiger partial charge in [0, 0.05) is 12.5 Å². The van der Waals surface area contributed by atoms with Gasteiger partial charge in [0.25, 0.3) is 0 Å². The molecule has 2 heterocycles. The number of phenolic OH excluding ortho intramolecular Hbond substituents is 1. The van der Waals surface area contributed by atoms with Crippen molar-refractivity contribution in [3.63, 3.8) is 0 Å². The van der Waals surface area contributed by atoms with Gasteiger partial charge in [0.1, 0.15) is 11.7 Å². The van der Waals surface area contributed by atoms with Gasteiger partial charge in [-0.15, -0.1) is 0 Å². The van der Waals surface area contributed by atoms with E-state index in [1.165, 1.54) is 6.92 Å². The van der Waals surface area contributed by atoms with Crippen molar-refractivity contribution in [2.24, 2.45) is 5.92 Å². The first-order chi connectivity index (χ1) is 18.5. The monoisotopic (exact) mass is 554 g/mol. The van der Waals surface area contributed by atoms with Crippen LogP contribution in [-0.4, -0.2) is 61.8 Å². The summed E-state index contributed by atoms with van der Waals surface area (Å²) in [6, 6.07) is 10.7. The van der Waals surface area contributed by atoms with Crippen LogP contribution in [0.3, 0.4) is 0 Å². The first kappa shape index (κ1) is 26.6. The minimum absolute atomic E-state index is 0.0378. The van der Waals surface area contributed by atoms with E-state index in [9.17, 15) is 18.3 Å². The van der Waals surface area contributed by atoms with Crippen LogP contribution in [-0.2, 0) is 43.6 Å². The van der Waals surface area contributed by atoms with E-state index < -0.39 is 33.2 Å². The average molecular weight is 555 g/mol. The molecule has 2 N–H and O–H groups in total. The number of phenols is 1. The van der Waals surface area contributed by atoms with E-state index >= 15 is 0 Å². The molecular weight excluding hydrogens is 516 g/mol. The Kier molecular flexibility index (Phi) is 6.28. The number of carbonyl (C=O) groups excluding carboxylic acids is 1. The summed E-state index contributed by atoms with van der Waals surface area (Å²) in [6.07, 6.45) is 2.48. The Morgan fingerprint density at radius 2 is 1.95 bits per heavy atom. The molecular formula is C30H38N2O6S. The van der Waals surface area contributed by atoms with Crippen molar-refractivity contribution in [2.75, 3.05) is 13.6 Å². The second-order valence-electron chi connectivity index (χ2n) is 12.3. The van der Waals surface area contributed by atoms with Gasteiger partial charge in [-0.1, -0.05) is 44.2 Å². The zero-order valence-corrected chi connectivity index (χ0v) is 23.9. The van der Waals surface area contributed by atoms with Gasteiger partial charge in [0.15, 0.2) is 11.5 Å². The van der Waals surface area contributed by atoms with Crippen LogP contribution in [0, 0.1) is 5.92 Å². The highest BCUT2D eigenvalue weighted by molar-refractivity contribution is 7.88. The molecule has 5 atom stereocenters. The van der Waals surface area contributed by atoms with Crippen LogP contribution in [0.2, 0.25) is 0 Å². The topological polar surface area (TPSA) is 105 Å². The van der Waals surface area contributed by atoms with Crippen molar-refractivity contribution < 1.29 is 27.8 Å². The Morgan fingerprint density at radius 1 is 1.21 bits per heavy atom. The van der Waals surface area contributed by atoms with Crippen molar-refractivity contribution in [1.82, 2.24) is 9.62 Å². The van der Waals surface area contributed by atoms with Gasteiger partial charge < -0.3 is 14.6 Å². The van der Waals surface area contributed by atoms with Crippen molar-refractivity contribution in [3.05, 3.63) is 58.7 Å². The van der Waals surface area contributed by atoms with Crippen molar-refractivity contribution >= 4 is 16.0 Å². The quantitative estimate of drug-likeness (QED) is 0.505. The minimum atomic E-state index is -3.73. The summed E-state index contributed by atoms with van der Waals surface area (Å²) in [7, 11) is -1.67. The predicted molar refractivity (Wildman–Crippen MR) is 147 cm³/mol. The first-order valence-corrected chi connectivity index (χ1v) is 15.6. The third kappa shape index (κ3) is 3.99. The molecule has 9 heteroatoms. The molecule has 1 spiro atoms. The Labute approximate surface area is 230 Å². The van der Waals surface area contributed by atoms with Crippen LogP contribution in [0.1, 0.15) is 62.3 Å². The zero-order valence-electron chi connectivity index (χ0n) is 23.1. The minimum Gasteiger partial charge on any atom is -0.504 e. The number of ether oxygens (including phenoxy) is 2. The smallest absolute Gasteiger partial charge is 0.303 e. The number of nitrogens with zero attached hydrogens (tertiary/aromatic N) is 1. The number of carbonyl (C=O) groups is 1. The van der Waals surface area contributed by atoms with Gasteiger partial charge in [-0.25, -0.2) is 13.1 Å². The number of piperidine rings is 1. The van der Waals surface area contributed by atoms with E-state index in [1.807, 2.05) is 30.3 Å². The van der Waals surface area contributed by atoms with Gasteiger partial charge in [-0.05, 0) is 74.4 Å². The van der Waals surface area contributed by atoms with Crippen LogP contribution in [0.15, 0.2) is 36.4 Å². The highest BCUT2D eigenvalue weighted by Crippen LogP contribution is 2.66. The molecule has 2 aromatic carbocycles. The van der Waals surface area contributed by atoms with E-state index in [2.05, 4.69) is 30.5 Å². The Hall–Kier alpha value is -2.62. The SMILES string of the molecule is CC(=O)O[C@@]12CC[C@H](NS(=O)(=O)Cc3ccccc3CC(C)C)[C@@H]3Oc4c(O)ccc5c4[C@@]31CCN(C)[C@@H]2C5. The molecule has 2 bridgehead atoms. The summed E-state index contributed by atoms with van der Waals surface area (Å²) >= 11 is 0. The second kappa shape index (κ2) is 9.21. The van der Waals surface area contributed by atoms with Gasteiger partial charge in [-0.3, -0.25) is 9.69 Å².